The van der Waals surface area contributed by atoms with Gasteiger partial charge in [-0.3, -0.25) is 4.79 Å². The van der Waals surface area contributed by atoms with Gasteiger partial charge in [-0.25, -0.2) is 9.07 Å². The summed E-state index contributed by atoms with van der Waals surface area (Å²) < 4.78 is 14.6. The van der Waals surface area contributed by atoms with E-state index in [-0.39, 0.29) is 16.9 Å². The Morgan fingerprint density at radius 1 is 1.15 bits per heavy atom. The number of hydrogen-bond acceptors (Lipinski definition) is 2. The van der Waals surface area contributed by atoms with E-state index in [1.807, 2.05) is 31.2 Å². The van der Waals surface area contributed by atoms with E-state index in [1.54, 1.807) is 23.7 Å². The summed E-state index contributed by atoms with van der Waals surface area (Å²) in [7, 11) is 0. The van der Waals surface area contributed by atoms with E-state index < -0.39 is 0 Å². The van der Waals surface area contributed by atoms with Gasteiger partial charge in [0.2, 0.25) is 0 Å². The molecule has 1 aromatic heterocycles. The van der Waals surface area contributed by atoms with Crippen LogP contribution in [0.5, 0.6) is 0 Å². The van der Waals surface area contributed by atoms with Crippen LogP contribution in [0.25, 0.3) is 0 Å². The van der Waals surface area contributed by atoms with Gasteiger partial charge in [-0.05, 0) is 37.1 Å². The number of aryl methyl sites for hydroxylation is 2. The number of amides is 1. The molecule has 0 atom stereocenters. The van der Waals surface area contributed by atoms with E-state index >= 15 is 0 Å². The molecule has 1 N–H and O–H groups in total. The summed E-state index contributed by atoms with van der Waals surface area (Å²) in [5.74, 6) is -0.563. The Kier molecular flexibility index (Phi) is 5.38. The number of benzene rings is 2. The first-order valence-electron chi connectivity index (χ1n) is 8.25. The highest BCUT2D eigenvalue weighted by molar-refractivity contribution is 6.33. The third kappa shape index (κ3) is 4.11. The molecule has 0 bridgehead atoms. The first-order chi connectivity index (χ1) is 12.4. The minimum atomic E-state index is -0.298. The van der Waals surface area contributed by atoms with Gasteiger partial charge in [0.05, 0.1) is 17.8 Å². The Hall–Kier alpha value is -2.66. The highest BCUT2D eigenvalue weighted by Gasteiger charge is 2.20. The molecule has 1 amide bonds. The Balaban J connectivity index is 1.74. The van der Waals surface area contributed by atoms with Crippen LogP contribution in [0.15, 0.2) is 48.5 Å². The fourth-order valence-corrected chi connectivity index (χ4v) is 3.09. The van der Waals surface area contributed by atoms with Crippen molar-refractivity contribution >= 4 is 17.5 Å². The molecular weight excluding hydrogens is 353 g/mol. The summed E-state index contributed by atoms with van der Waals surface area (Å²) in [6, 6.07) is 14.0. The summed E-state index contributed by atoms with van der Waals surface area (Å²) >= 11 is 6.38. The number of carbonyl (C=O) groups excluding carboxylic acids is 1. The quantitative estimate of drug-likeness (QED) is 0.728. The van der Waals surface area contributed by atoms with Crippen LogP contribution in [0, 0.1) is 19.7 Å². The van der Waals surface area contributed by atoms with Gasteiger partial charge in [-0.1, -0.05) is 53.6 Å². The highest BCUT2D eigenvalue weighted by Crippen LogP contribution is 2.21. The van der Waals surface area contributed by atoms with Crippen LogP contribution < -0.4 is 5.32 Å². The molecule has 3 rings (SSSR count). The topological polar surface area (TPSA) is 46.9 Å². The number of halogens is 2. The molecule has 26 heavy (non-hydrogen) atoms. The maximum absolute atomic E-state index is 13.0. The third-order valence-electron chi connectivity index (χ3n) is 4.07. The van der Waals surface area contributed by atoms with Gasteiger partial charge in [0, 0.05) is 6.54 Å². The number of rotatable bonds is 5. The standard InChI is InChI=1S/C20H19ClFN3O/c1-13-4-3-5-16(10-13)11-23-20(26)18-14(2)24-25(19(18)21)12-15-6-8-17(22)9-7-15/h3-10H,11-12H2,1-2H3,(H,23,26). The van der Waals surface area contributed by atoms with Gasteiger partial charge < -0.3 is 5.32 Å². The third-order valence-corrected chi connectivity index (χ3v) is 4.46. The average Bonchev–Trinajstić information content (AvgIpc) is 2.88. The average molecular weight is 372 g/mol. The molecule has 134 valence electrons. The van der Waals surface area contributed by atoms with Crippen molar-refractivity contribution in [1.29, 1.82) is 0 Å². The van der Waals surface area contributed by atoms with Gasteiger partial charge >= 0.3 is 0 Å². The molecule has 6 heteroatoms. The second kappa shape index (κ2) is 7.70. The minimum absolute atomic E-state index is 0.264. The summed E-state index contributed by atoms with van der Waals surface area (Å²) in [5, 5.41) is 7.50. The molecule has 0 spiro atoms. The molecule has 0 aliphatic heterocycles. The second-order valence-corrected chi connectivity index (χ2v) is 6.57. The molecule has 0 aliphatic rings. The Morgan fingerprint density at radius 3 is 2.58 bits per heavy atom. The normalized spacial score (nSPS) is 10.8. The summed E-state index contributed by atoms with van der Waals surface area (Å²) in [6.45, 7) is 4.53. The van der Waals surface area contributed by atoms with Crippen LogP contribution in [0.2, 0.25) is 5.15 Å². The van der Waals surface area contributed by atoms with Gasteiger partial charge in [-0.15, -0.1) is 0 Å². The Labute approximate surface area is 156 Å². The highest BCUT2D eigenvalue weighted by atomic mass is 35.5. The van der Waals surface area contributed by atoms with E-state index in [2.05, 4.69) is 10.4 Å². The molecule has 0 fully saturated rings. The maximum Gasteiger partial charge on any atom is 0.256 e. The van der Waals surface area contributed by atoms with Crippen LogP contribution in [0.3, 0.4) is 0 Å². The SMILES string of the molecule is Cc1cccc(CNC(=O)c2c(C)nn(Cc3ccc(F)cc3)c2Cl)c1. The van der Waals surface area contributed by atoms with Crippen LogP contribution in [-0.2, 0) is 13.1 Å². The molecule has 0 aliphatic carbocycles. The lowest BCUT2D eigenvalue weighted by Gasteiger charge is -2.07. The number of nitrogens with zero attached hydrogens (tertiary/aromatic N) is 2. The van der Waals surface area contributed by atoms with Crippen LogP contribution >= 0.6 is 11.6 Å². The summed E-state index contributed by atoms with van der Waals surface area (Å²) in [6.07, 6.45) is 0. The van der Waals surface area contributed by atoms with E-state index in [9.17, 15) is 9.18 Å². The smallest absolute Gasteiger partial charge is 0.256 e. The zero-order valence-corrected chi connectivity index (χ0v) is 15.3. The van der Waals surface area contributed by atoms with Crippen LogP contribution in [0.1, 0.15) is 32.7 Å². The first-order valence-corrected chi connectivity index (χ1v) is 8.63. The zero-order chi connectivity index (χ0) is 18.7. The number of aromatic nitrogens is 2. The van der Waals surface area contributed by atoms with Crippen molar-refractivity contribution in [2.75, 3.05) is 0 Å². The number of hydrogen-bond donors (Lipinski definition) is 1. The predicted molar refractivity (Wildman–Crippen MR) is 99.8 cm³/mol. The van der Waals surface area contributed by atoms with Crippen molar-refractivity contribution in [3.63, 3.8) is 0 Å². The Bertz CT molecular complexity index is 935. The van der Waals surface area contributed by atoms with Crippen molar-refractivity contribution < 1.29 is 9.18 Å². The molecule has 4 nitrogen and oxygen atoms in total. The molecule has 3 aromatic rings. The number of nitrogens with one attached hydrogen (secondary N) is 1. The molecular formula is C20H19ClFN3O. The van der Waals surface area contributed by atoms with Crippen LogP contribution in [-0.4, -0.2) is 15.7 Å². The monoisotopic (exact) mass is 371 g/mol. The van der Waals surface area contributed by atoms with E-state index in [0.717, 1.165) is 16.7 Å². The van der Waals surface area contributed by atoms with E-state index in [4.69, 9.17) is 11.6 Å². The summed E-state index contributed by atoms with van der Waals surface area (Å²) in [4.78, 5) is 12.6. The molecule has 1 heterocycles. The first kappa shape index (κ1) is 18.1. The zero-order valence-electron chi connectivity index (χ0n) is 14.6. The van der Waals surface area contributed by atoms with E-state index in [1.165, 1.54) is 12.1 Å². The number of carbonyl (C=O) groups is 1. The van der Waals surface area contributed by atoms with Crippen molar-refractivity contribution in [1.82, 2.24) is 15.1 Å². The second-order valence-electron chi connectivity index (χ2n) is 6.21. The molecule has 0 saturated carbocycles. The van der Waals surface area contributed by atoms with Gasteiger partial charge in [0.1, 0.15) is 11.0 Å². The van der Waals surface area contributed by atoms with Gasteiger partial charge in [-0.2, -0.15) is 5.10 Å². The maximum atomic E-state index is 13.0. The molecule has 0 radical (unpaired) electrons. The Morgan fingerprint density at radius 2 is 1.88 bits per heavy atom. The lowest BCUT2D eigenvalue weighted by atomic mass is 10.1. The van der Waals surface area contributed by atoms with Crippen molar-refractivity contribution in [3.8, 4) is 0 Å². The van der Waals surface area contributed by atoms with Crippen molar-refractivity contribution in [2.24, 2.45) is 0 Å². The largest absolute Gasteiger partial charge is 0.348 e. The van der Waals surface area contributed by atoms with Crippen molar-refractivity contribution in [2.45, 2.75) is 26.9 Å². The van der Waals surface area contributed by atoms with Gasteiger partial charge in [0.25, 0.3) is 5.91 Å². The fraction of sp³-hybridized carbons (Fsp3) is 0.200. The minimum Gasteiger partial charge on any atom is -0.348 e. The lowest BCUT2D eigenvalue weighted by molar-refractivity contribution is 0.0950. The van der Waals surface area contributed by atoms with Crippen molar-refractivity contribution in [3.05, 3.63) is 87.4 Å². The lowest BCUT2D eigenvalue weighted by Crippen LogP contribution is -2.23. The van der Waals surface area contributed by atoms with Gasteiger partial charge in [0.15, 0.2) is 0 Å². The summed E-state index contributed by atoms with van der Waals surface area (Å²) in [5.41, 5.74) is 3.92. The fourth-order valence-electron chi connectivity index (χ4n) is 2.77. The predicted octanol–water partition coefficient (Wildman–Crippen LogP) is 4.27. The van der Waals surface area contributed by atoms with Crippen LogP contribution in [0.4, 0.5) is 4.39 Å². The molecule has 2 aromatic carbocycles. The molecule has 0 unspecified atom stereocenters. The van der Waals surface area contributed by atoms with E-state index in [0.29, 0.717) is 24.3 Å². The molecule has 0 saturated heterocycles.